The van der Waals surface area contributed by atoms with Crippen LogP contribution in [0.4, 0.5) is 0 Å². The highest BCUT2D eigenvalue weighted by molar-refractivity contribution is 9.10. The topological polar surface area (TPSA) is 55.4 Å². The molecule has 1 aromatic carbocycles. The molecule has 1 aromatic rings. The van der Waals surface area contributed by atoms with Crippen LogP contribution in [0.25, 0.3) is 6.08 Å². The van der Waals surface area contributed by atoms with Gasteiger partial charge in [0.25, 0.3) is 5.91 Å². The molecule has 0 saturated heterocycles. The lowest BCUT2D eigenvalue weighted by Crippen LogP contribution is -2.40. The van der Waals surface area contributed by atoms with Crippen molar-refractivity contribution in [2.45, 2.75) is 33.2 Å². The summed E-state index contributed by atoms with van der Waals surface area (Å²) in [5.74, 6) is -0.616. The second-order valence-electron chi connectivity index (χ2n) is 5.52. The van der Waals surface area contributed by atoms with E-state index in [2.05, 4.69) is 21.2 Å². The van der Waals surface area contributed by atoms with Gasteiger partial charge < -0.3 is 10.1 Å². The van der Waals surface area contributed by atoms with E-state index in [4.69, 9.17) is 4.74 Å². The summed E-state index contributed by atoms with van der Waals surface area (Å²) in [5, 5.41) is 2.91. The van der Waals surface area contributed by atoms with Gasteiger partial charge in [-0.05, 0) is 51.5 Å². The minimum atomic E-state index is -0.428. The van der Waals surface area contributed by atoms with Crippen molar-refractivity contribution in [3.05, 3.63) is 39.9 Å². The van der Waals surface area contributed by atoms with Crippen LogP contribution in [0, 0.1) is 0 Å². The molecule has 0 fully saturated rings. The van der Waals surface area contributed by atoms with Crippen molar-refractivity contribution in [3.8, 4) is 0 Å². The zero-order valence-corrected chi connectivity index (χ0v) is 14.3. The number of carbonyl (C=O) groups excluding carboxylic acids is 2. The highest BCUT2D eigenvalue weighted by atomic mass is 79.9. The molecule has 0 aliphatic heterocycles. The summed E-state index contributed by atoms with van der Waals surface area (Å²) in [6.45, 7) is 7.81. The van der Waals surface area contributed by atoms with Crippen molar-refractivity contribution in [1.82, 2.24) is 5.32 Å². The van der Waals surface area contributed by atoms with Gasteiger partial charge in [0, 0.05) is 21.7 Å². The third kappa shape index (κ3) is 6.12. The fourth-order valence-corrected chi connectivity index (χ4v) is 1.99. The van der Waals surface area contributed by atoms with Crippen LogP contribution in [-0.4, -0.2) is 24.0 Å². The Bertz CT molecular complexity index is 559. The van der Waals surface area contributed by atoms with E-state index in [1.165, 1.54) is 6.08 Å². The van der Waals surface area contributed by atoms with Crippen molar-refractivity contribution in [2.75, 3.05) is 6.61 Å². The number of nitrogens with one attached hydrogen (secondary N) is 1. The van der Waals surface area contributed by atoms with Crippen LogP contribution in [0.1, 0.15) is 43.6 Å². The molecule has 0 aliphatic rings. The number of benzene rings is 1. The average Bonchev–Trinajstić information content (AvgIpc) is 2.35. The van der Waals surface area contributed by atoms with Gasteiger partial charge >= 0.3 is 5.97 Å². The van der Waals surface area contributed by atoms with E-state index in [9.17, 15) is 9.59 Å². The Morgan fingerprint density at radius 3 is 2.57 bits per heavy atom. The lowest BCUT2D eigenvalue weighted by Gasteiger charge is -2.21. The smallest absolute Gasteiger partial charge is 0.330 e. The molecule has 1 amide bonds. The normalized spacial score (nSPS) is 11.5. The van der Waals surface area contributed by atoms with Crippen LogP contribution < -0.4 is 5.32 Å². The molecule has 0 spiro atoms. The quantitative estimate of drug-likeness (QED) is 0.665. The predicted octanol–water partition coefficient (Wildman–Crippen LogP) is 3.55. The number of esters is 1. The van der Waals surface area contributed by atoms with E-state index in [0.29, 0.717) is 17.7 Å². The number of ether oxygens (including phenoxy) is 1. The zero-order valence-electron chi connectivity index (χ0n) is 12.7. The SMILES string of the molecule is CCOC(=O)/C=C/c1ccc(Br)cc1C(=O)NC(C)(C)C. The molecule has 0 bridgehead atoms. The monoisotopic (exact) mass is 353 g/mol. The number of carbonyl (C=O) groups is 2. The van der Waals surface area contributed by atoms with Crippen LogP contribution in [-0.2, 0) is 9.53 Å². The van der Waals surface area contributed by atoms with Crippen LogP contribution in [0.15, 0.2) is 28.7 Å². The summed E-state index contributed by atoms with van der Waals surface area (Å²) in [7, 11) is 0. The third-order valence-electron chi connectivity index (χ3n) is 2.43. The van der Waals surface area contributed by atoms with Crippen LogP contribution >= 0.6 is 15.9 Å². The predicted molar refractivity (Wildman–Crippen MR) is 87.0 cm³/mol. The fourth-order valence-electron chi connectivity index (χ4n) is 1.63. The van der Waals surface area contributed by atoms with E-state index in [-0.39, 0.29) is 11.4 Å². The highest BCUT2D eigenvalue weighted by Crippen LogP contribution is 2.19. The van der Waals surface area contributed by atoms with Crippen molar-refractivity contribution in [1.29, 1.82) is 0 Å². The summed E-state index contributed by atoms with van der Waals surface area (Å²) in [5.41, 5.74) is 0.828. The second-order valence-corrected chi connectivity index (χ2v) is 6.44. The molecule has 1 N–H and O–H groups in total. The maximum Gasteiger partial charge on any atom is 0.330 e. The number of rotatable bonds is 4. The van der Waals surface area contributed by atoms with Gasteiger partial charge in [0.15, 0.2) is 0 Å². The Kier molecular flexibility index (Phi) is 6.15. The molecule has 0 saturated carbocycles. The third-order valence-corrected chi connectivity index (χ3v) is 2.93. The average molecular weight is 354 g/mol. The maximum absolute atomic E-state index is 12.3. The Labute approximate surface area is 133 Å². The summed E-state index contributed by atoms with van der Waals surface area (Å²) in [6, 6.07) is 5.32. The van der Waals surface area contributed by atoms with Crippen molar-refractivity contribution in [2.24, 2.45) is 0 Å². The number of halogens is 1. The van der Waals surface area contributed by atoms with E-state index in [0.717, 1.165) is 4.47 Å². The molecule has 0 heterocycles. The van der Waals surface area contributed by atoms with E-state index < -0.39 is 5.97 Å². The largest absolute Gasteiger partial charge is 0.463 e. The summed E-state index contributed by atoms with van der Waals surface area (Å²) >= 11 is 3.35. The number of amides is 1. The van der Waals surface area contributed by atoms with Crippen LogP contribution in [0.5, 0.6) is 0 Å². The van der Waals surface area contributed by atoms with Gasteiger partial charge in [-0.25, -0.2) is 4.79 Å². The minimum absolute atomic E-state index is 0.188. The van der Waals surface area contributed by atoms with Crippen LogP contribution in [0.2, 0.25) is 0 Å². The van der Waals surface area contributed by atoms with E-state index in [1.54, 1.807) is 25.1 Å². The van der Waals surface area contributed by atoms with Crippen molar-refractivity contribution >= 4 is 33.9 Å². The summed E-state index contributed by atoms with van der Waals surface area (Å²) < 4.78 is 5.63. The first-order valence-corrected chi connectivity index (χ1v) is 7.49. The Balaban J connectivity index is 3.05. The molecule has 0 radical (unpaired) electrons. The number of hydrogen-bond donors (Lipinski definition) is 1. The van der Waals surface area contributed by atoms with E-state index >= 15 is 0 Å². The van der Waals surface area contributed by atoms with Gasteiger partial charge in [-0.3, -0.25) is 4.79 Å². The molecule has 0 atom stereocenters. The van der Waals surface area contributed by atoms with Gasteiger partial charge in [-0.1, -0.05) is 22.0 Å². The molecular formula is C16H20BrNO3. The Morgan fingerprint density at radius 2 is 2.00 bits per heavy atom. The molecule has 114 valence electrons. The molecule has 21 heavy (non-hydrogen) atoms. The molecule has 1 rings (SSSR count). The molecule has 0 aromatic heterocycles. The van der Waals surface area contributed by atoms with Gasteiger partial charge in [0.2, 0.25) is 0 Å². The van der Waals surface area contributed by atoms with Gasteiger partial charge in [0.1, 0.15) is 0 Å². The second kappa shape index (κ2) is 7.41. The first-order valence-electron chi connectivity index (χ1n) is 6.70. The number of hydrogen-bond acceptors (Lipinski definition) is 3. The maximum atomic E-state index is 12.3. The minimum Gasteiger partial charge on any atom is -0.463 e. The standard InChI is InChI=1S/C16H20BrNO3/c1-5-21-14(19)9-7-11-6-8-12(17)10-13(11)15(20)18-16(2,3)4/h6-10H,5H2,1-4H3,(H,18,20)/b9-7+. The first kappa shape index (κ1) is 17.4. The first-order chi connectivity index (χ1) is 9.73. The highest BCUT2D eigenvalue weighted by Gasteiger charge is 2.17. The molecule has 0 aliphatic carbocycles. The van der Waals surface area contributed by atoms with Gasteiger partial charge in [-0.2, -0.15) is 0 Å². The van der Waals surface area contributed by atoms with Gasteiger partial charge in [-0.15, -0.1) is 0 Å². The Morgan fingerprint density at radius 1 is 1.33 bits per heavy atom. The Hall–Kier alpha value is -1.62. The molecular weight excluding hydrogens is 334 g/mol. The molecule has 5 heteroatoms. The molecule has 4 nitrogen and oxygen atoms in total. The van der Waals surface area contributed by atoms with Crippen molar-refractivity contribution < 1.29 is 14.3 Å². The fraction of sp³-hybridized carbons (Fsp3) is 0.375. The molecule has 0 unspecified atom stereocenters. The lowest BCUT2D eigenvalue weighted by molar-refractivity contribution is -0.137. The summed E-state index contributed by atoms with van der Waals surface area (Å²) in [4.78, 5) is 23.7. The van der Waals surface area contributed by atoms with E-state index in [1.807, 2.05) is 26.8 Å². The van der Waals surface area contributed by atoms with Crippen molar-refractivity contribution in [3.63, 3.8) is 0 Å². The zero-order chi connectivity index (χ0) is 16.0. The summed E-state index contributed by atoms with van der Waals surface area (Å²) in [6.07, 6.45) is 2.91. The van der Waals surface area contributed by atoms with Crippen LogP contribution in [0.3, 0.4) is 0 Å². The lowest BCUT2D eigenvalue weighted by atomic mass is 10.0. The van der Waals surface area contributed by atoms with Gasteiger partial charge in [0.05, 0.1) is 6.61 Å².